The van der Waals surface area contributed by atoms with E-state index in [-0.39, 0.29) is 17.5 Å². The summed E-state index contributed by atoms with van der Waals surface area (Å²) in [6, 6.07) is 11.6. The first-order valence-corrected chi connectivity index (χ1v) is 9.20. The molecule has 6 nitrogen and oxygen atoms in total. The number of aromatic nitrogens is 1. The molecule has 0 saturated heterocycles. The molecule has 0 aliphatic carbocycles. The first kappa shape index (κ1) is 21.3. The molecule has 1 N–H and O–H groups in total. The highest BCUT2D eigenvalue weighted by atomic mass is 16.5. The van der Waals surface area contributed by atoms with Crippen LogP contribution in [-0.2, 0) is 9.53 Å². The molecule has 1 unspecified atom stereocenters. The Kier molecular flexibility index (Phi) is 7.42. The van der Waals surface area contributed by atoms with Crippen LogP contribution in [-0.4, -0.2) is 37.3 Å². The Hall–Kier alpha value is -3.04. The lowest BCUT2D eigenvalue weighted by molar-refractivity contribution is -0.118. The van der Waals surface area contributed by atoms with Crippen LogP contribution < -0.4 is 10.1 Å². The van der Waals surface area contributed by atoms with E-state index in [1.807, 2.05) is 57.2 Å². The SMILES string of the molecule is CCC(COC)NC(=O)C(C#N)=Cc1cc(C)n(-c2ccc(OC)cc2)c1C. The Bertz CT molecular complexity index is 889. The Morgan fingerprint density at radius 3 is 2.50 bits per heavy atom. The van der Waals surface area contributed by atoms with Crippen molar-refractivity contribution in [2.24, 2.45) is 0 Å². The zero-order valence-electron chi connectivity index (χ0n) is 17.1. The van der Waals surface area contributed by atoms with E-state index in [4.69, 9.17) is 9.47 Å². The van der Waals surface area contributed by atoms with E-state index in [0.29, 0.717) is 6.61 Å². The van der Waals surface area contributed by atoms with Gasteiger partial charge in [-0.25, -0.2) is 0 Å². The monoisotopic (exact) mass is 381 g/mol. The Morgan fingerprint density at radius 2 is 1.96 bits per heavy atom. The molecule has 6 heteroatoms. The molecular weight excluding hydrogens is 354 g/mol. The lowest BCUT2D eigenvalue weighted by Gasteiger charge is -2.15. The minimum absolute atomic E-state index is 0.0736. The molecule has 0 saturated carbocycles. The maximum Gasteiger partial charge on any atom is 0.262 e. The highest BCUT2D eigenvalue weighted by Gasteiger charge is 2.16. The summed E-state index contributed by atoms with van der Waals surface area (Å²) >= 11 is 0. The van der Waals surface area contributed by atoms with Crippen molar-refractivity contribution in [1.29, 1.82) is 5.26 Å². The molecule has 2 aromatic rings. The van der Waals surface area contributed by atoms with Crippen molar-refractivity contribution in [2.75, 3.05) is 20.8 Å². The van der Waals surface area contributed by atoms with Gasteiger partial charge < -0.3 is 19.4 Å². The molecule has 0 radical (unpaired) electrons. The Balaban J connectivity index is 2.33. The molecule has 0 aliphatic heterocycles. The normalized spacial score (nSPS) is 12.4. The molecule has 28 heavy (non-hydrogen) atoms. The second kappa shape index (κ2) is 9.77. The van der Waals surface area contributed by atoms with Gasteiger partial charge in [-0.05, 0) is 62.2 Å². The standard InChI is InChI=1S/C22H27N3O3/c1-6-19(14-27-4)24-22(26)18(13-23)12-17-11-15(2)25(16(17)3)20-7-9-21(28-5)10-8-20/h7-12,19H,6,14H2,1-5H3,(H,24,26). The number of amides is 1. The molecule has 0 bridgehead atoms. The van der Waals surface area contributed by atoms with Crippen molar-refractivity contribution < 1.29 is 14.3 Å². The van der Waals surface area contributed by atoms with Gasteiger partial charge in [0.15, 0.2) is 0 Å². The number of nitriles is 1. The third-order valence-electron chi connectivity index (χ3n) is 4.66. The second-order valence-electron chi connectivity index (χ2n) is 6.56. The van der Waals surface area contributed by atoms with E-state index in [0.717, 1.165) is 34.8 Å². The van der Waals surface area contributed by atoms with E-state index >= 15 is 0 Å². The van der Waals surface area contributed by atoms with E-state index in [1.54, 1.807) is 20.3 Å². The first-order chi connectivity index (χ1) is 13.4. The molecule has 0 spiro atoms. The number of hydrogen-bond acceptors (Lipinski definition) is 4. The van der Waals surface area contributed by atoms with Crippen molar-refractivity contribution in [1.82, 2.24) is 9.88 Å². The average Bonchev–Trinajstić information content (AvgIpc) is 2.98. The van der Waals surface area contributed by atoms with Crippen LogP contribution in [0.4, 0.5) is 0 Å². The maximum atomic E-state index is 12.5. The number of carbonyl (C=O) groups is 1. The molecular formula is C22H27N3O3. The third-order valence-corrected chi connectivity index (χ3v) is 4.66. The fraction of sp³-hybridized carbons (Fsp3) is 0.364. The van der Waals surface area contributed by atoms with E-state index < -0.39 is 0 Å². The highest BCUT2D eigenvalue weighted by Crippen LogP contribution is 2.24. The van der Waals surface area contributed by atoms with Gasteiger partial charge in [0, 0.05) is 24.2 Å². The second-order valence-corrected chi connectivity index (χ2v) is 6.56. The third kappa shape index (κ3) is 4.81. The molecule has 0 aliphatic rings. The number of aryl methyl sites for hydroxylation is 1. The van der Waals surface area contributed by atoms with Crippen LogP contribution in [0.1, 0.15) is 30.3 Å². The van der Waals surface area contributed by atoms with Crippen molar-refractivity contribution in [3.63, 3.8) is 0 Å². The molecule has 1 aromatic carbocycles. The van der Waals surface area contributed by atoms with Gasteiger partial charge in [0.1, 0.15) is 17.4 Å². The lowest BCUT2D eigenvalue weighted by atomic mass is 10.1. The molecule has 1 amide bonds. The van der Waals surface area contributed by atoms with E-state index in [1.165, 1.54) is 0 Å². The number of benzene rings is 1. The minimum atomic E-state index is -0.388. The first-order valence-electron chi connectivity index (χ1n) is 9.20. The van der Waals surface area contributed by atoms with Crippen molar-refractivity contribution in [3.8, 4) is 17.5 Å². The quantitative estimate of drug-likeness (QED) is 0.560. The predicted molar refractivity (Wildman–Crippen MR) is 109 cm³/mol. The Morgan fingerprint density at radius 1 is 1.29 bits per heavy atom. The Labute approximate surface area is 166 Å². The number of nitrogens with one attached hydrogen (secondary N) is 1. The van der Waals surface area contributed by atoms with Gasteiger partial charge in [-0.1, -0.05) is 6.92 Å². The smallest absolute Gasteiger partial charge is 0.262 e. The van der Waals surface area contributed by atoms with Crippen molar-refractivity contribution in [2.45, 2.75) is 33.2 Å². The van der Waals surface area contributed by atoms with Gasteiger partial charge >= 0.3 is 0 Å². The summed E-state index contributed by atoms with van der Waals surface area (Å²) in [5.41, 5.74) is 3.86. The van der Waals surface area contributed by atoms with E-state index in [9.17, 15) is 10.1 Å². The summed E-state index contributed by atoms with van der Waals surface area (Å²) in [5, 5.41) is 12.3. The van der Waals surface area contributed by atoms with Crippen LogP contribution in [0.25, 0.3) is 11.8 Å². The van der Waals surface area contributed by atoms with Crippen LogP contribution >= 0.6 is 0 Å². The van der Waals surface area contributed by atoms with Gasteiger partial charge in [-0.3, -0.25) is 4.79 Å². The fourth-order valence-electron chi connectivity index (χ4n) is 3.09. The number of hydrogen-bond donors (Lipinski definition) is 1. The molecule has 2 rings (SSSR count). The number of rotatable bonds is 8. The fourth-order valence-corrected chi connectivity index (χ4v) is 3.09. The molecule has 1 atom stereocenters. The number of carbonyl (C=O) groups excluding carboxylic acids is 1. The molecule has 1 heterocycles. The summed E-state index contributed by atoms with van der Waals surface area (Å²) in [7, 11) is 3.22. The summed E-state index contributed by atoms with van der Waals surface area (Å²) < 4.78 is 12.4. The molecule has 0 fully saturated rings. The zero-order valence-corrected chi connectivity index (χ0v) is 17.1. The van der Waals surface area contributed by atoms with Crippen LogP contribution in [0.15, 0.2) is 35.9 Å². The number of ether oxygens (including phenoxy) is 2. The molecule has 148 valence electrons. The average molecular weight is 381 g/mol. The van der Waals surface area contributed by atoms with Crippen LogP contribution in [0, 0.1) is 25.2 Å². The number of methoxy groups -OCH3 is 2. The van der Waals surface area contributed by atoms with Gasteiger partial charge in [0.25, 0.3) is 5.91 Å². The largest absolute Gasteiger partial charge is 0.497 e. The van der Waals surface area contributed by atoms with Crippen LogP contribution in [0.5, 0.6) is 5.75 Å². The van der Waals surface area contributed by atoms with Crippen LogP contribution in [0.2, 0.25) is 0 Å². The van der Waals surface area contributed by atoms with Gasteiger partial charge in [-0.15, -0.1) is 0 Å². The van der Waals surface area contributed by atoms with Gasteiger partial charge in [0.2, 0.25) is 0 Å². The lowest BCUT2D eigenvalue weighted by Crippen LogP contribution is -2.38. The highest BCUT2D eigenvalue weighted by molar-refractivity contribution is 6.02. The summed E-state index contributed by atoms with van der Waals surface area (Å²) in [6.07, 6.45) is 2.36. The topological polar surface area (TPSA) is 76.3 Å². The summed E-state index contributed by atoms with van der Waals surface area (Å²) in [4.78, 5) is 12.5. The van der Waals surface area contributed by atoms with Crippen molar-refractivity contribution in [3.05, 3.63) is 52.9 Å². The molecule has 1 aromatic heterocycles. The summed E-state index contributed by atoms with van der Waals surface area (Å²) in [6.45, 7) is 6.33. The van der Waals surface area contributed by atoms with Crippen molar-refractivity contribution >= 4 is 12.0 Å². The maximum absolute atomic E-state index is 12.5. The van der Waals surface area contributed by atoms with E-state index in [2.05, 4.69) is 9.88 Å². The van der Waals surface area contributed by atoms with Crippen LogP contribution in [0.3, 0.4) is 0 Å². The van der Waals surface area contributed by atoms with Gasteiger partial charge in [0.05, 0.1) is 19.8 Å². The number of nitrogens with zero attached hydrogens (tertiary/aromatic N) is 2. The predicted octanol–water partition coefficient (Wildman–Crippen LogP) is 3.55. The van der Waals surface area contributed by atoms with Gasteiger partial charge in [-0.2, -0.15) is 5.26 Å². The zero-order chi connectivity index (χ0) is 20.7. The summed E-state index contributed by atoms with van der Waals surface area (Å²) in [5.74, 6) is 0.400. The minimum Gasteiger partial charge on any atom is -0.497 e.